The number of hydrogen-bond acceptors (Lipinski definition) is 3. The predicted octanol–water partition coefficient (Wildman–Crippen LogP) is 3.86. The van der Waals surface area contributed by atoms with Gasteiger partial charge in [-0.15, -0.1) is 0 Å². The summed E-state index contributed by atoms with van der Waals surface area (Å²) in [6.07, 6.45) is 1.44. The van der Waals surface area contributed by atoms with E-state index in [1.165, 1.54) is 6.26 Å². The van der Waals surface area contributed by atoms with Crippen molar-refractivity contribution in [3.05, 3.63) is 46.3 Å². The molecule has 0 spiro atoms. The number of benzene rings is 1. The van der Waals surface area contributed by atoms with Crippen LogP contribution in [-0.4, -0.2) is 11.2 Å². The number of nitrogens with one attached hydrogen (secondary N) is 2. The molecule has 7 heteroatoms. The van der Waals surface area contributed by atoms with Crippen LogP contribution in [0.3, 0.4) is 0 Å². The van der Waals surface area contributed by atoms with E-state index >= 15 is 0 Å². The molecule has 0 radical (unpaired) electrons. The Morgan fingerprint density at radius 3 is 2.84 bits per heavy atom. The Labute approximate surface area is 119 Å². The first-order chi connectivity index (χ1) is 9.06. The minimum absolute atomic E-state index is 0.281. The summed E-state index contributed by atoms with van der Waals surface area (Å²) in [5, 5.41) is 9.97. The highest BCUT2D eigenvalue weighted by Crippen LogP contribution is 2.25. The summed E-state index contributed by atoms with van der Waals surface area (Å²) in [6.45, 7) is 1.79. The molecule has 0 bridgehead atoms. The highest BCUT2D eigenvalue weighted by molar-refractivity contribution is 6.35. The van der Waals surface area contributed by atoms with E-state index in [1.807, 2.05) is 0 Å². The molecule has 2 rings (SSSR count). The molecular weight excluding hydrogens is 289 g/mol. The zero-order chi connectivity index (χ0) is 13.8. The first-order valence-electron chi connectivity index (χ1n) is 5.49. The number of urea groups is 1. The summed E-state index contributed by atoms with van der Waals surface area (Å²) in [5.41, 5.74) is 1.08. The first kappa shape index (κ1) is 13.7. The summed E-state index contributed by atoms with van der Waals surface area (Å²) in [7, 11) is 0. The zero-order valence-electron chi connectivity index (χ0n) is 9.98. The van der Waals surface area contributed by atoms with Crippen molar-refractivity contribution in [2.24, 2.45) is 0 Å². The van der Waals surface area contributed by atoms with Crippen LogP contribution in [0, 0.1) is 0 Å². The maximum atomic E-state index is 11.8. The molecular formula is C12H11Cl2N3O2. The average Bonchev–Trinajstić information content (AvgIpc) is 2.87. The van der Waals surface area contributed by atoms with E-state index in [-0.39, 0.29) is 6.04 Å². The van der Waals surface area contributed by atoms with Gasteiger partial charge in [0.25, 0.3) is 0 Å². The summed E-state index contributed by atoms with van der Waals surface area (Å²) in [5.74, 6) is 0. The third-order valence-electron chi connectivity index (χ3n) is 2.43. The molecule has 0 fully saturated rings. The van der Waals surface area contributed by atoms with E-state index in [1.54, 1.807) is 31.2 Å². The largest absolute Gasteiger partial charge is 0.364 e. The third kappa shape index (κ3) is 3.62. The fraction of sp³-hybridized carbons (Fsp3) is 0.167. The van der Waals surface area contributed by atoms with E-state index < -0.39 is 6.03 Å². The minimum atomic E-state index is -0.403. The first-order valence-corrected chi connectivity index (χ1v) is 6.24. The lowest BCUT2D eigenvalue weighted by Gasteiger charge is -2.13. The van der Waals surface area contributed by atoms with Gasteiger partial charge in [0.2, 0.25) is 0 Å². The molecule has 5 nitrogen and oxygen atoms in total. The van der Waals surface area contributed by atoms with Crippen molar-refractivity contribution in [1.82, 2.24) is 10.5 Å². The number of carbonyl (C=O) groups is 1. The van der Waals surface area contributed by atoms with Crippen LogP contribution >= 0.6 is 23.2 Å². The maximum absolute atomic E-state index is 11.8. The van der Waals surface area contributed by atoms with Crippen LogP contribution in [0.1, 0.15) is 18.7 Å². The highest BCUT2D eigenvalue weighted by atomic mass is 35.5. The van der Waals surface area contributed by atoms with Gasteiger partial charge < -0.3 is 15.2 Å². The molecule has 19 heavy (non-hydrogen) atoms. The molecule has 1 heterocycles. The number of anilines is 1. The van der Waals surface area contributed by atoms with Crippen molar-refractivity contribution in [2.75, 3.05) is 5.32 Å². The van der Waals surface area contributed by atoms with Crippen molar-refractivity contribution < 1.29 is 9.32 Å². The fourth-order valence-corrected chi connectivity index (χ4v) is 1.80. The van der Waals surface area contributed by atoms with E-state index in [4.69, 9.17) is 27.7 Å². The van der Waals surface area contributed by atoms with Crippen LogP contribution in [0.2, 0.25) is 10.0 Å². The summed E-state index contributed by atoms with van der Waals surface area (Å²) >= 11 is 11.8. The Bertz CT molecular complexity index is 572. The number of nitrogens with zero attached hydrogens (tertiary/aromatic N) is 1. The van der Waals surface area contributed by atoms with Gasteiger partial charge in [0.1, 0.15) is 12.0 Å². The lowest BCUT2D eigenvalue weighted by atomic mass is 10.2. The fourth-order valence-electron chi connectivity index (χ4n) is 1.47. The van der Waals surface area contributed by atoms with Gasteiger partial charge in [0.05, 0.1) is 16.8 Å². The lowest BCUT2D eigenvalue weighted by Crippen LogP contribution is -2.31. The molecule has 0 aliphatic rings. The van der Waals surface area contributed by atoms with Crippen LogP contribution < -0.4 is 10.6 Å². The molecule has 0 unspecified atom stereocenters. The second kappa shape index (κ2) is 5.95. The molecule has 1 atom stereocenters. The lowest BCUT2D eigenvalue weighted by molar-refractivity contribution is 0.249. The molecule has 1 aromatic carbocycles. The van der Waals surface area contributed by atoms with Gasteiger partial charge in [0, 0.05) is 11.1 Å². The van der Waals surface area contributed by atoms with Gasteiger partial charge in [-0.25, -0.2) is 4.79 Å². The van der Waals surface area contributed by atoms with E-state index in [0.717, 1.165) is 0 Å². The van der Waals surface area contributed by atoms with Crippen LogP contribution in [-0.2, 0) is 0 Å². The second-order valence-corrected chi connectivity index (χ2v) is 4.71. The average molecular weight is 300 g/mol. The monoisotopic (exact) mass is 299 g/mol. The van der Waals surface area contributed by atoms with E-state index in [0.29, 0.717) is 21.4 Å². The second-order valence-electron chi connectivity index (χ2n) is 3.87. The van der Waals surface area contributed by atoms with E-state index in [2.05, 4.69) is 15.8 Å². The molecule has 2 aromatic rings. The molecule has 0 aliphatic heterocycles. The van der Waals surface area contributed by atoms with Crippen molar-refractivity contribution in [3.63, 3.8) is 0 Å². The Balaban J connectivity index is 1.99. The molecule has 1 aromatic heterocycles. The quantitative estimate of drug-likeness (QED) is 0.904. The number of hydrogen-bond donors (Lipinski definition) is 2. The van der Waals surface area contributed by atoms with Gasteiger partial charge in [0.15, 0.2) is 0 Å². The number of carbonyl (C=O) groups excluding carboxylic acids is 1. The Morgan fingerprint density at radius 2 is 2.16 bits per heavy atom. The third-order valence-corrected chi connectivity index (χ3v) is 2.99. The zero-order valence-corrected chi connectivity index (χ0v) is 11.5. The number of rotatable bonds is 3. The molecule has 2 N–H and O–H groups in total. The maximum Gasteiger partial charge on any atom is 0.319 e. The van der Waals surface area contributed by atoms with Gasteiger partial charge in [-0.1, -0.05) is 28.4 Å². The standard InChI is InChI=1S/C12H11Cl2N3O2/c1-7(10-4-5-19-17-10)15-12(18)16-11-6-8(13)2-3-9(11)14/h2-7H,1H3,(H2,15,16,18)/t7-/m0/s1. The number of halogens is 2. The highest BCUT2D eigenvalue weighted by Gasteiger charge is 2.13. The van der Waals surface area contributed by atoms with Crippen molar-refractivity contribution in [2.45, 2.75) is 13.0 Å². The summed E-state index contributed by atoms with van der Waals surface area (Å²) in [4.78, 5) is 11.8. The Kier molecular flexibility index (Phi) is 4.29. The van der Waals surface area contributed by atoms with Crippen molar-refractivity contribution in [3.8, 4) is 0 Å². The van der Waals surface area contributed by atoms with Gasteiger partial charge in [-0.2, -0.15) is 0 Å². The number of amides is 2. The van der Waals surface area contributed by atoms with Crippen LogP contribution in [0.4, 0.5) is 10.5 Å². The molecule has 2 amide bonds. The molecule has 0 saturated heterocycles. The van der Waals surface area contributed by atoms with Crippen LogP contribution in [0.5, 0.6) is 0 Å². The van der Waals surface area contributed by atoms with Crippen molar-refractivity contribution >= 4 is 34.9 Å². The predicted molar refractivity (Wildman–Crippen MR) is 73.5 cm³/mol. The van der Waals surface area contributed by atoms with Crippen LogP contribution in [0.25, 0.3) is 0 Å². The molecule has 0 aliphatic carbocycles. The Hall–Kier alpha value is -1.72. The van der Waals surface area contributed by atoms with Crippen molar-refractivity contribution in [1.29, 1.82) is 0 Å². The van der Waals surface area contributed by atoms with Gasteiger partial charge in [-0.05, 0) is 25.1 Å². The molecule has 100 valence electrons. The topological polar surface area (TPSA) is 67.2 Å². The smallest absolute Gasteiger partial charge is 0.319 e. The SMILES string of the molecule is C[C@H](NC(=O)Nc1cc(Cl)ccc1Cl)c1ccon1. The minimum Gasteiger partial charge on any atom is -0.364 e. The summed E-state index contributed by atoms with van der Waals surface area (Å²) < 4.78 is 4.71. The van der Waals surface area contributed by atoms with E-state index in [9.17, 15) is 4.79 Å². The van der Waals surface area contributed by atoms with Crippen LogP contribution in [0.15, 0.2) is 35.1 Å². The Morgan fingerprint density at radius 1 is 1.37 bits per heavy atom. The van der Waals surface area contributed by atoms with Gasteiger partial charge >= 0.3 is 6.03 Å². The number of aromatic nitrogens is 1. The van der Waals surface area contributed by atoms with Gasteiger partial charge in [-0.3, -0.25) is 0 Å². The normalized spacial score (nSPS) is 11.9. The molecule has 0 saturated carbocycles. The summed E-state index contributed by atoms with van der Waals surface area (Å²) in [6, 6.07) is 5.82.